The minimum absolute atomic E-state index is 0.193. The van der Waals surface area contributed by atoms with E-state index >= 15 is 0 Å². The summed E-state index contributed by atoms with van der Waals surface area (Å²) in [5, 5.41) is 4.56. The monoisotopic (exact) mass is 387 g/mol. The number of hydrogen-bond acceptors (Lipinski definition) is 4. The third kappa shape index (κ3) is 6.52. The summed E-state index contributed by atoms with van der Waals surface area (Å²) in [6.07, 6.45) is 5.12. The second-order valence-electron chi connectivity index (χ2n) is 6.29. The Hall–Kier alpha value is -1.26. The van der Waals surface area contributed by atoms with Crippen LogP contribution in [-0.2, 0) is 14.3 Å². The Bertz CT molecular complexity index is 570. The molecule has 1 saturated carbocycles. The lowest BCUT2D eigenvalue weighted by molar-refractivity contribution is -0.128. The Morgan fingerprint density at radius 1 is 1.32 bits per heavy atom. The number of nitrogens with one attached hydrogen (secondary N) is 1. The SMILES string of the molecule is CCC1CCC(Nc2ccc(Cl)cc2Cl)(C(C)=O)CC1.CCOC=O. The highest BCUT2D eigenvalue weighted by atomic mass is 35.5. The quantitative estimate of drug-likeness (QED) is 0.653. The van der Waals surface area contributed by atoms with Crippen LogP contribution in [0.1, 0.15) is 52.9 Å². The molecule has 0 unspecified atom stereocenters. The van der Waals surface area contributed by atoms with Gasteiger partial charge in [-0.3, -0.25) is 9.59 Å². The van der Waals surface area contributed by atoms with Gasteiger partial charge in [0.1, 0.15) is 0 Å². The first-order valence-corrected chi connectivity index (χ1v) is 9.43. The van der Waals surface area contributed by atoms with Crippen molar-refractivity contribution in [2.24, 2.45) is 5.92 Å². The van der Waals surface area contributed by atoms with Gasteiger partial charge in [0, 0.05) is 5.02 Å². The average Bonchev–Trinajstić information content (AvgIpc) is 2.59. The van der Waals surface area contributed by atoms with Crippen LogP contribution >= 0.6 is 23.2 Å². The van der Waals surface area contributed by atoms with E-state index in [-0.39, 0.29) is 5.78 Å². The minimum atomic E-state index is -0.469. The molecule has 1 aromatic carbocycles. The van der Waals surface area contributed by atoms with E-state index in [9.17, 15) is 9.59 Å². The number of ketones is 1. The van der Waals surface area contributed by atoms with Gasteiger partial charge in [0.2, 0.25) is 0 Å². The number of carbonyl (C=O) groups is 2. The van der Waals surface area contributed by atoms with Crippen LogP contribution in [0.3, 0.4) is 0 Å². The fraction of sp³-hybridized carbons (Fsp3) is 0.579. The lowest BCUT2D eigenvalue weighted by Crippen LogP contribution is -2.48. The standard InChI is InChI=1S/C16H21Cl2NO.C3H6O2/c1-3-12-6-8-16(9-7-12,11(2)20)19-15-5-4-13(17)10-14(15)18;1-2-5-3-4/h4-5,10,12,19H,3,6-9H2,1-2H3;3H,2H2,1H3. The lowest BCUT2D eigenvalue weighted by atomic mass is 9.73. The molecular formula is C19H27Cl2NO3. The van der Waals surface area contributed by atoms with Crippen molar-refractivity contribution in [3.8, 4) is 0 Å². The predicted molar refractivity (Wildman–Crippen MR) is 103 cm³/mol. The van der Waals surface area contributed by atoms with Crippen LogP contribution < -0.4 is 5.32 Å². The summed E-state index contributed by atoms with van der Waals surface area (Å²) in [6, 6.07) is 5.35. The number of ether oxygens (including phenoxy) is 1. The molecule has 0 radical (unpaired) electrons. The van der Waals surface area contributed by atoms with Gasteiger partial charge in [-0.05, 0) is 63.6 Å². The largest absolute Gasteiger partial charge is 0.468 e. The van der Waals surface area contributed by atoms with E-state index < -0.39 is 5.54 Å². The molecule has 0 saturated heterocycles. The van der Waals surface area contributed by atoms with Crippen LogP contribution in [-0.4, -0.2) is 24.4 Å². The summed E-state index contributed by atoms with van der Waals surface area (Å²) in [5.74, 6) is 0.933. The van der Waals surface area contributed by atoms with Gasteiger partial charge in [-0.2, -0.15) is 0 Å². The van der Waals surface area contributed by atoms with Crippen molar-refractivity contribution in [3.63, 3.8) is 0 Å². The molecular weight excluding hydrogens is 361 g/mol. The molecule has 0 aromatic heterocycles. The van der Waals surface area contributed by atoms with E-state index in [1.54, 1.807) is 26.0 Å². The van der Waals surface area contributed by atoms with Crippen molar-refractivity contribution in [2.75, 3.05) is 11.9 Å². The fourth-order valence-corrected chi connectivity index (χ4v) is 3.52. The Morgan fingerprint density at radius 2 is 1.96 bits per heavy atom. The van der Waals surface area contributed by atoms with Crippen molar-refractivity contribution in [3.05, 3.63) is 28.2 Å². The molecule has 1 N–H and O–H groups in total. The first kappa shape index (κ1) is 21.8. The smallest absolute Gasteiger partial charge is 0.293 e. The van der Waals surface area contributed by atoms with E-state index in [2.05, 4.69) is 17.0 Å². The van der Waals surface area contributed by atoms with E-state index in [4.69, 9.17) is 23.2 Å². The van der Waals surface area contributed by atoms with Gasteiger partial charge in [-0.15, -0.1) is 0 Å². The lowest BCUT2D eigenvalue weighted by Gasteiger charge is -2.39. The van der Waals surface area contributed by atoms with Crippen molar-refractivity contribution >= 4 is 41.1 Å². The molecule has 1 aromatic rings. The van der Waals surface area contributed by atoms with Crippen LogP contribution in [0.5, 0.6) is 0 Å². The maximum absolute atomic E-state index is 12.2. The number of halogens is 2. The molecule has 140 valence electrons. The topological polar surface area (TPSA) is 55.4 Å². The Morgan fingerprint density at radius 3 is 2.36 bits per heavy atom. The normalized spacial score (nSPS) is 22.4. The zero-order chi connectivity index (χ0) is 18.9. The van der Waals surface area contributed by atoms with Gasteiger partial charge in [-0.25, -0.2) is 0 Å². The summed E-state index contributed by atoms with van der Waals surface area (Å²) in [6.45, 7) is 6.55. The molecule has 1 aliphatic rings. The van der Waals surface area contributed by atoms with Gasteiger partial charge in [0.25, 0.3) is 6.47 Å². The molecule has 0 amide bonds. The molecule has 0 bridgehead atoms. The molecule has 4 nitrogen and oxygen atoms in total. The van der Waals surface area contributed by atoms with Crippen LogP contribution in [0.15, 0.2) is 18.2 Å². The third-order valence-corrected chi connectivity index (χ3v) is 5.30. The van der Waals surface area contributed by atoms with Crippen LogP contribution in [0, 0.1) is 5.92 Å². The summed E-state index contributed by atoms with van der Waals surface area (Å²) in [5.41, 5.74) is 0.324. The molecule has 0 atom stereocenters. The minimum Gasteiger partial charge on any atom is -0.468 e. The first-order chi connectivity index (χ1) is 11.9. The maximum Gasteiger partial charge on any atom is 0.293 e. The van der Waals surface area contributed by atoms with Gasteiger partial charge < -0.3 is 10.1 Å². The molecule has 0 heterocycles. The van der Waals surface area contributed by atoms with Crippen molar-refractivity contribution in [1.29, 1.82) is 0 Å². The van der Waals surface area contributed by atoms with Crippen molar-refractivity contribution < 1.29 is 14.3 Å². The van der Waals surface area contributed by atoms with E-state index in [1.165, 1.54) is 6.42 Å². The molecule has 0 spiro atoms. The van der Waals surface area contributed by atoms with Gasteiger partial charge in [0.05, 0.1) is 22.9 Å². The van der Waals surface area contributed by atoms with Gasteiger partial charge >= 0.3 is 0 Å². The number of benzene rings is 1. The summed E-state index contributed by atoms with van der Waals surface area (Å²) in [7, 11) is 0. The number of hydrogen-bond donors (Lipinski definition) is 1. The first-order valence-electron chi connectivity index (χ1n) is 8.68. The second-order valence-corrected chi connectivity index (χ2v) is 7.13. The molecule has 6 heteroatoms. The summed E-state index contributed by atoms with van der Waals surface area (Å²) in [4.78, 5) is 21.3. The highest BCUT2D eigenvalue weighted by molar-refractivity contribution is 6.36. The molecule has 25 heavy (non-hydrogen) atoms. The third-order valence-electron chi connectivity index (χ3n) is 4.75. The predicted octanol–water partition coefficient (Wildman–Crippen LogP) is 5.51. The highest BCUT2D eigenvalue weighted by Crippen LogP contribution is 2.38. The molecule has 1 aliphatic carbocycles. The van der Waals surface area contributed by atoms with E-state index in [0.29, 0.717) is 23.1 Å². The molecule has 2 rings (SSSR count). The Labute approximate surface area is 160 Å². The highest BCUT2D eigenvalue weighted by Gasteiger charge is 2.39. The number of carbonyl (C=O) groups excluding carboxylic acids is 2. The number of Topliss-reactive ketones (excluding diaryl/α,β-unsaturated/α-hetero) is 1. The Kier molecular flexibility index (Phi) is 9.30. The fourth-order valence-electron chi connectivity index (χ4n) is 3.06. The van der Waals surface area contributed by atoms with Crippen molar-refractivity contribution in [2.45, 2.75) is 58.4 Å². The van der Waals surface area contributed by atoms with Gasteiger partial charge in [0.15, 0.2) is 5.78 Å². The Balaban J connectivity index is 0.000000550. The average molecular weight is 388 g/mol. The van der Waals surface area contributed by atoms with Crippen LogP contribution in [0.25, 0.3) is 0 Å². The van der Waals surface area contributed by atoms with Gasteiger partial charge in [-0.1, -0.05) is 36.5 Å². The number of rotatable bonds is 6. The second kappa shape index (κ2) is 10.7. The summed E-state index contributed by atoms with van der Waals surface area (Å²) >= 11 is 12.1. The van der Waals surface area contributed by atoms with Crippen LogP contribution in [0.4, 0.5) is 5.69 Å². The van der Waals surface area contributed by atoms with E-state index in [0.717, 1.165) is 37.3 Å². The van der Waals surface area contributed by atoms with E-state index in [1.807, 2.05) is 6.07 Å². The summed E-state index contributed by atoms with van der Waals surface area (Å²) < 4.78 is 4.15. The number of anilines is 1. The van der Waals surface area contributed by atoms with Crippen molar-refractivity contribution in [1.82, 2.24) is 0 Å². The molecule has 0 aliphatic heterocycles. The maximum atomic E-state index is 12.2. The van der Waals surface area contributed by atoms with Crippen LogP contribution in [0.2, 0.25) is 10.0 Å². The zero-order valence-electron chi connectivity index (χ0n) is 15.1. The molecule has 1 fully saturated rings. The zero-order valence-corrected chi connectivity index (χ0v) is 16.6.